The lowest BCUT2D eigenvalue weighted by atomic mass is 9.99. The third-order valence-corrected chi connectivity index (χ3v) is 6.99. The SMILES string of the molecule is COc1nc(-c2nc3n(n2)CCN(c2ccccc2C=O)C3c2ccc(C(F)(F)F)cc2)ccc1-n1cnc(C)c1. The number of aromatic nitrogens is 6. The summed E-state index contributed by atoms with van der Waals surface area (Å²) in [4.78, 5) is 27.6. The van der Waals surface area contributed by atoms with Gasteiger partial charge in [-0.3, -0.25) is 4.79 Å². The number of benzene rings is 2. The molecule has 208 valence electrons. The minimum atomic E-state index is -4.46. The van der Waals surface area contributed by atoms with Crippen molar-refractivity contribution in [1.82, 2.24) is 29.3 Å². The molecule has 0 bridgehead atoms. The highest BCUT2D eigenvalue weighted by Crippen LogP contribution is 2.38. The van der Waals surface area contributed by atoms with E-state index in [-0.39, 0.29) is 0 Å². The van der Waals surface area contributed by atoms with Crippen molar-refractivity contribution in [2.24, 2.45) is 0 Å². The van der Waals surface area contributed by atoms with Crippen molar-refractivity contribution >= 4 is 12.0 Å². The number of imidazole rings is 1. The molecule has 4 heterocycles. The molecule has 5 aromatic rings. The van der Waals surface area contributed by atoms with Crippen LogP contribution in [-0.4, -0.2) is 49.2 Å². The minimum absolute atomic E-state index is 0.342. The second kappa shape index (κ2) is 10.2. The predicted molar refractivity (Wildman–Crippen MR) is 144 cm³/mol. The largest absolute Gasteiger partial charge is 0.479 e. The molecule has 3 aromatic heterocycles. The van der Waals surface area contributed by atoms with Crippen LogP contribution in [0.25, 0.3) is 17.2 Å². The number of nitrogens with zero attached hydrogens (tertiary/aromatic N) is 7. The molecule has 41 heavy (non-hydrogen) atoms. The maximum absolute atomic E-state index is 13.3. The molecular weight excluding hydrogens is 535 g/mol. The van der Waals surface area contributed by atoms with Crippen LogP contribution in [-0.2, 0) is 12.7 Å². The number of hydrogen-bond acceptors (Lipinski definition) is 7. The van der Waals surface area contributed by atoms with Crippen molar-refractivity contribution in [3.8, 4) is 23.1 Å². The molecule has 2 aromatic carbocycles. The van der Waals surface area contributed by atoms with Gasteiger partial charge in [-0.15, -0.1) is 5.10 Å². The molecule has 0 N–H and O–H groups in total. The van der Waals surface area contributed by atoms with Crippen LogP contribution in [0.15, 0.2) is 73.2 Å². The van der Waals surface area contributed by atoms with Crippen molar-refractivity contribution in [1.29, 1.82) is 0 Å². The van der Waals surface area contributed by atoms with Crippen LogP contribution >= 0.6 is 0 Å². The minimum Gasteiger partial charge on any atom is -0.479 e. The summed E-state index contributed by atoms with van der Waals surface area (Å²) in [5.74, 6) is 1.21. The molecule has 0 saturated heterocycles. The molecule has 0 spiro atoms. The predicted octanol–water partition coefficient (Wildman–Crippen LogP) is 5.28. The molecule has 0 amide bonds. The highest BCUT2D eigenvalue weighted by molar-refractivity contribution is 5.85. The molecule has 1 aliphatic rings. The normalized spacial score (nSPS) is 15.0. The highest BCUT2D eigenvalue weighted by Gasteiger charge is 2.35. The first-order chi connectivity index (χ1) is 19.8. The van der Waals surface area contributed by atoms with E-state index in [2.05, 4.69) is 9.97 Å². The molecular formula is C29H24F3N7O2. The topological polar surface area (TPSA) is 91.0 Å². The van der Waals surface area contributed by atoms with E-state index in [1.54, 1.807) is 33.8 Å². The van der Waals surface area contributed by atoms with Crippen molar-refractivity contribution < 1.29 is 22.7 Å². The average molecular weight is 560 g/mol. The lowest BCUT2D eigenvalue weighted by Gasteiger charge is -2.37. The van der Waals surface area contributed by atoms with Gasteiger partial charge in [-0.25, -0.2) is 19.6 Å². The lowest BCUT2D eigenvalue weighted by Crippen LogP contribution is -2.40. The Morgan fingerprint density at radius 1 is 0.976 bits per heavy atom. The number of ether oxygens (including phenoxy) is 1. The number of rotatable bonds is 6. The molecule has 0 saturated carbocycles. The summed E-state index contributed by atoms with van der Waals surface area (Å²) in [6.45, 7) is 2.77. The molecule has 1 aliphatic heterocycles. The molecule has 1 atom stereocenters. The van der Waals surface area contributed by atoms with Crippen LogP contribution < -0.4 is 9.64 Å². The van der Waals surface area contributed by atoms with Crippen LogP contribution in [0.5, 0.6) is 5.88 Å². The van der Waals surface area contributed by atoms with Gasteiger partial charge < -0.3 is 14.2 Å². The third-order valence-electron chi connectivity index (χ3n) is 6.99. The lowest BCUT2D eigenvalue weighted by molar-refractivity contribution is -0.137. The molecule has 0 radical (unpaired) electrons. The Bertz CT molecular complexity index is 1730. The number of aldehydes is 1. The number of pyridine rings is 1. The number of halogens is 3. The smallest absolute Gasteiger partial charge is 0.416 e. The van der Waals surface area contributed by atoms with Gasteiger partial charge in [0.05, 0.1) is 31.2 Å². The van der Waals surface area contributed by atoms with Gasteiger partial charge in [0.25, 0.3) is 0 Å². The summed E-state index contributed by atoms with van der Waals surface area (Å²) in [6.07, 6.45) is -0.173. The second-order valence-corrected chi connectivity index (χ2v) is 9.56. The highest BCUT2D eigenvalue weighted by atomic mass is 19.4. The number of alkyl halides is 3. The van der Waals surface area contributed by atoms with E-state index >= 15 is 0 Å². The van der Waals surface area contributed by atoms with Crippen molar-refractivity contribution in [3.05, 3.63) is 101 Å². The number of fused-ring (bicyclic) bond motifs is 1. The van der Waals surface area contributed by atoms with Gasteiger partial charge in [-0.05, 0) is 48.9 Å². The zero-order chi connectivity index (χ0) is 28.7. The molecule has 0 aliphatic carbocycles. The zero-order valence-electron chi connectivity index (χ0n) is 22.1. The Hall–Kier alpha value is -5.00. The number of para-hydroxylation sites is 1. The molecule has 9 nitrogen and oxygen atoms in total. The Balaban J connectivity index is 1.45. The first-order valence-electron chi connectivity index (χ1n) is 12.8. The van der Waals surface area contributed by atoms with Gasteiger partial charge in [0.15, 0.2) is 17.9 Å². The van der Waals surface area contributed by atoms with Gasteiger partial charge in [0.2, 0.25) is 5.88 Å². The van der Waals surface area contributed by atoms with Crippen LogP contribution in [0, 0.1) is 6.92 Å². The van der Waals surface area contributed by atoms with Crippen molar-refractivity contribution in [3.63, 3.8) is 0 Å². The molecule has 6 rings (SSSR count). The average Bonchev–Trinajstić information content (AvgIpc) is 3.62. The quantitative estimate of drug-likeness (QED) is 0.261. The van der Waals surface area contributed by atoms with E-state index in [1.165, 1.54) is 19.2 Å². The first-order valence-corrected chi connectivity index (χ1v) is 12.8. The summed E-state index contributed by atoms with van der Waals surface area (Å²) >= 11 is 0. The van der Waals surface area contributed by atoms with E-state index in [1.807, 2.05) is 36.2 Å². The Kier molecular flexibility index (Phi) is 6.52. The van der Waals surface area contributed by atoms with E-state index in [0.717, 1.165) is 24.1 Å². The molecule has 0 fully saturated rings. The van der Waals surface area contributed by atoms with Crippen LogP contribution in [0.2, 0.25) is 0 Å². The fraction of sp³-hybridized carbons (Fsp3) is 0.207. The second-order valence-electron chi connectivity index (χ2n) is 9.56. The number of carbonyl (C=O) groups is 1. The van der Waals surface area contributed by atoms with Crippen molar-refractivity contribution in [2.75, 3.05) is 18.6 Å². The van der Waals surface area contributed by atoms with E-state index in [0.29, 0.717) is 58.8 Å². The number of hydrogen-bond donors (Lipinski definition) is 0. The summed E-state index contributed by atoms with van der Waals surface area (Å²) in [6, 6.07) is 15.1. The zero-order valence-corrected chi connectivity index (χ0v) is 22.1. The van der Waals surface area contributed by atoms with Crippen LogP contribution in [0.4, 0.5) is 18.9 Å². The van der Waals surface area contributed by atoms with Gasteiger partial charge in [0, 0.05) is 24.0 Å². The fourth-order valence-electron chi connectivity index (χ4n) is 5.05. The molecule has 12 heteroatoms. The van der Waals surface area contributed by atoms with Gasteiger partial charge in [-0.2, -0.15) is 13.2 Å². The van der Waals surface area contributed by atoms with Crippen LogP contribution in [0.1, 0.15) is 39.0 Å². The number of anilines is 1. The summed E-state index contributed by atoms with van der Waals surface area (Å²) in [5, 5.41) is 4.70. The first kappa shape index (κ1) is 26.2. The molecule has 1 unspecified atom stereocenters. The number of methoxy groups -OCH3 is 1. The van der Waals surface area contributed by atoms with Gasteiger partial charge >= 0.3 is 6.18 Å². The Morgan fingerprint density at radius 2 is 1.76 bits per heavy atom. The third kappa shape index (κ3) is 4.81. The van der Waals surface area contributed by atoms with E-state index in [9.17, 15) is 18.0 Å². The monoisotopic (exact) mass is 559 g/mol. The fourth-order valence-corrected chi connectivity index (χ4v) is 5.05. The maximum Gasteiger partial charge on any atom is 0.416 e. The van der Waals surface area contributed by atoms with Crippen molar-refractivity contribution in [2.45, 2.75) is 25.7 Å². The van der Waals surface area contributed by atoms with E-state index in [4.69, 9.17) is 14.8 Å². The summed E-state index contributed by atoms with van der Waals surface area (Å²) < 4.78 is 49.1. The van der Waals surface area contributed by atoms with Gasteiger partial charge in [-0.1, -0.05) is 24.3 Å². The van der Waals surface area contributed by atoms with Crippen LogP contribution in [0.3, 0.4) is 0 Å². The number of carbonyl (C=O) groups excluding carboxylic acids is 1. The number of aryl methyl sites for hydroxylation is 1. The Morgan fingerprint density at radius 3 is 2.44 bits per heavy atom. The van der Waals surface area contributed by atoms with E-state index < -0.39 is 17.8 Å². The standard InChI is InChI=1S/C29H24F3N7O2/c1-18-15-37(17-33-18)24-12-11-22(34-28(24)41-2)26-35-27-25(19-7-9-21(10-8-19)29(30,31)32)38(13-14-39(27)36-26)23-6-4-3-5-20(23)16-40/h3-12,15-17,25H,13-14H2,1-2H3. The maximum atomic E-state index is 13.3. The Labute approximate surface area is 232 Å². The summed E-state index contributed by atoms with van der Waals surface area (Å²) in [7, 11) is 1.52. The summed E-state index contributed by atoms with van der Waals surface area (Å²) in [5.41, 5.74) is 2.96. The van der Waals surface area contributed by atoms with Gasteiger partial charge in [0.1, 0.15) is 17.4 Å².